The first-order chi connectivity index (χ1) is 10.4. The maximum Gasteiger partial charge on any atom is 0.187 e. The van der Waals surface area contributed by atoms with Crippen LogP contribution in [-0.4, -0.2) is 54.6 Å². The lowest BCUT2D eigenvalue weighted by atomic mass is 10.2. The molecule has 0 atom stereocenters. The zero-order valence-corrected chi connectivity index (χ0v) is 13.1. The van der Waals surface area contributed by atoms with Crippen molar-refractivity contribution in [3.05, 3.63) is 23.3 Å². The average Bonchev–Trinajstić information content (AvgIpc) is 2.49. The minimum atomic E-state index is -1.43. The van der Waals surface area contributed by atoms with Gasteiger partial charge in [-0.15, -0.1) is 0 Å². The van der Waals surface area contributed by atoms with Crippen LogP contribution in [0.3, 0.4) is 0 Å². The summed E-state index contributed by atoms with van der Waals surface area (Å²) in [5.41, 5.74) is -1.51. The van der Waals surface area contributed by atoms with Gasteiger partial charge in [-0.25, -0.2) is 17.6 Å². The summed E-state index contributed by atoms with van der Waals surface area (Å²) in [6.07, 6.45) is 0. The molecule has 4 nitrogen and oxygen atoms in total. The number of methoxy groups -OCH3 is 2. The van der Waals surface area contributed by atoms with E-state index in [9.17, 15) is 17.6 Å². The van der Waals surface area contributed by atoms with Crippen LogP contribution in [0, 0.1) is 23.3 Å². The molecule has 0 fully saturated rings. The minimum Gasteiger partial charge on any atom is -0.383 e. The summed E-state index contributed by atoms with van der Waals surface area (Å²) in [6.45, 7) is 0.492. The van der Waals surface area contributed by atoms with Gasteiger partial charge in [0.2, 0.25) is 0 Å². The number of ether oxygens (including phenoxy) is 2. The van der Waals surface area contributed by atoms with Crippen LogP contribution in [0.25, 0.3) is 0 Å². The van der Waals surface area contributed by atoms with E-state index in [0.29, 0.717) is 0 Å². The molecule has 1 aromatic rings. The van der Waals surface area contributed by atoms with Crippen molar-refractivity contribution in [2.24, 2.45) is 0 Å². The predicted molar refractivity (Wildman–Crippen MR) is 76.6 cm³/mol. The quantitative estimate of drug-likeness (QED) is 0.542. The molecular weight excluding hydrogens is 304 g/mol. The number of nitrogens with zero attached hydrogens (tertiary/aromatic N) is 2. The van der Waals surface area contributed by atoms with E-state index in [2.05, 4.69) is 0 Å². The summed E-state index contributed by atoms with van der Waals surface area (Å²) in [4.78, 5) is 2.14. The van der Waals surface area contributed by atoms with E-state index in [-0.39, 0.29) is 26.3 Å². The Morgan fingerprint density at radius 1 is 0.682 bits per heavy atom. The summed E-state index contributed by atoms with van der Waals surface area (Å²) in [5.74, 6) is -5.73. The molecule has 0 amide bonds. The number of benzene rings is 1. The van der Waals surface area contributed by atoms with Crippen molar-refractivity contribution < 1.29 is 27.0 Å². The Kier molecular flexibility index (Phi) is 6.89. The van der Waals surface area contributed by atoms with Gasteiger partial charge in [0.25, 0.3) is 0 Å². The molecule has 126 valence electrons. The Morgan fingerprint density at radius 2 is 0.955 bits per heavy atom. The highest BCUT2D eigenvalue weighted by Gasteiger charge is 2.29. The topological polar surface area (TPSA) is 24.9 Å². The van der Waals surface area contributed by atoms with Crippen LogP contribution in [0.15, 0.2) is 0 Å². The fraction of sp³-hybridized carbons (Fsp3) is 0.571. The Bertz CT molecular complexity index is 440. The Balaban J connectivity index is 3.25. The molecule has 0 unspecified atom stereocenters. The molecule has 1 aromatic carbocycles. The molecule has 0 aliphatic heterocycles. The van der Waals surface area contributed by atoms with Gasteiger partial charge in [0.1, 0.15) is 11.4 Å². The van der Waals surface area contributed by atoms with Crippen LogP contribution in [0.4, 0.5) is 28.9 Å². The first-order valence-corrected chi connectivity index (χ1v) is 6.62. The first kappa shape index (κ1) is 18.5. The fourth-order valence-electron chi connectivity index (χ4n) is 1.96. The largest absolute Gasteiger partial charge is 0.383 e. The Morgan fingerprint density at radius 3 is 1.18 bits per heavy atom. The zero-order chi connectivity index (χ0) is 16.9. The molecule has 0 aliphatic carbocycles. The zero-order valence-electron chi connectivity index (χ0n) is 13.1. The average molecular weight is 324 g/mol. The van der Waals surface area contributed by atoms with Crippen LogP contribution < -0.4 is 9.80 Å². The maximum absolute atomic E-state index is 14.1. The van der Waals surface area contributed by atoms with Gasteiger partial charge in [-0.1, -0.05) is 0 Å². The van der Waals surface area contributed by atoms with Crippen molar-refractivity contribution in [1.82, 2.24) is 0 Å². The van der Waals surface area contributed by atoms with Crippen LogP contribution in [0.5, 0.6) is 0 Å². The second-order valence-electron chi connectivity index (χ2n) is 4.78. The van der Waals surface area contributed by atoms with Crippen molar-refractivity contribution >= 4 is 11.4 Å². The maximum atomic E-state index is 14.1. The van der Waals surface area contributed by atoms with Crippen LogP contribution in [-0.2, 0) is 9.47 Å². The summed E-state index contributed by atoms with van der Waals surface area (Å²) in [6, 6.07) is 0. The molecule has 0 aromatic heterocycles. The molecular formula is C14H20F4N2O2. The SMILES string of the molecule is COCCN(C)c1c(F)c(F)c(N(C)CCOC)c(F)c1F. The van der Waals surface area contributed by atoms with Gasteiger partial charge in [0, 0.05) is 41.4 Å². The highest BCUT2D eigenvalue weighted by atomic mass is 19.2. The molecule has 0 saturated heterocycles. The first-order valence-electron chi connectivity index (χ1n) is 6.62. The summed E-state index contributed by atoms with van der Waals surface area (Å²) >= 11 is 0. The number of hydrogen-bond acceptors (Lipinski definition) is 4. The van der Waals surface area contributed by atoms with Crippen LogP contribution >= 0.6 is 0 Å². The lowest BCUT2D eigenvalue weighted by Crippen LogP contribution is -2.28. The van der Waals surface area contributed by atoms with Crippen molar-refractivity contribution in [3.63, 3.8) is 0 Å². The molecule has 0 aliphatic rings. The molecule has 8 heteroatoms. The fourth-order valence-corrected chi connectivity index (χ4v) is 1.96. The second kappa shape index (κ2) is 8.19. The van der Waals surface area contributed by atoms with Gasteiger partial charge in [-0.05, 0) is 0 Å². The van der Waals surface area contributed by atoms with Crippen LogP contribution in [0.1, 0.15) is 0 Å². The molecule has 0 spiro atoms. The molecule has 0 N–H and O–H groups in total. The summed E-state index contributed by atoms with van der Waals surface area (Å²) in [5, 5.41) is 0. The lowest BCUT2D eigenvalue weighted by molar-refractivity contribution is 0.205. The van der Waals surface area contributed by atoms with E-state index in [1.807, 2.05) is 0 Å². The van der Waals surface area contributed by atoms with Gasteiger partial charge in [0.05, 0.1) is 13.2 Å². The van der Waals surface area contributed by atoms with E-state index < -0.39 is 34.6 Å². The molecule has 22 heavy (non-hydrogen) atoms. The highest BCUT2D eigenvalue weighted by molar-refractivity contribution is 5.60. The van der Waals surface area contributed by atoms with Crippen molar-refractivity contribution in [2.75, 3.05) is 64.4 Å². The number of hydrogen-bond donors (Lipinski definition) is 0. The summed E-state index contributed by atoms with van der Waals surface area (Å²) < 4.78 is 66.1. The van der Waals surface area contributed by atoms with Crippen molar-refractivity contribution in [3.8, 4) is 0 Å². The second-order valence-corrected chi connectivity index (χ2v) is 4.78. The Hall–Kier alpha value is -1.54. The highest BCUT2D eigenvalue weighted by Crippen LogP contribution is 2.34. The van der Waals surface area contributed by atoms with Gasteiger partial charge in [-0.2, -0.15) is 0 Å². The Labute approximate surface area is 127 Å². The predicted octanol–water partition coefficient (Wildman–Crippen LogP) is 2.41. The molecule has 0 saturated carbocycles. The van der Waals surface area contributed by atoms with Gasteiger partial charge < -0.3 is 19.3 Å². The summed E-state index contributed by atoms with van der Waals surface area (Å²) in [7, 11) is 5.48. The number of anilines is 2. The lowest BCUT2D eigenvalue weighted by Gasteiger charge is -2.25. The third kappa shape index (κ3) is 3.80. The number of rotatable bonds is 8. The third-order valence-corrected chi connectivity index (χ3v) is 3.24. The van der Waals surface area contributed by atoms with Crippen LogP contribution in [0.2, 0.25) is 0 Å². The molecule has 1 rings (SSSR count). The monoisotopic (exact) mass is 324 g/mol. The van der Waals surface area contributed by atoms with E-state index in [1.54, 1.807) is 0 Å². The van der Waals surface area contributed by atoms with Crippen molar-refractivity contribution in [2.45, 2.75) is 0 Å². The van der Waals surface area contributed by atoms with Crippen molar-refractivity contribution in [1.29, 1.82) is 0 Å². The van der Waals surface area contributed by atoms with Gasteiger partial charge in [-0.3, -0.25) is 0 Å². The third-order valence-electron chi connectivity index (χ3n) is 3.24. The van der Waals surface area contributed by atoms with E-state index in [0.717, 1.165) is 9.80 Å². The normalized spacial score (nSPS) is 10.9. The van der Waals surface area contributed by atoms with Gasteiger partial charge in [0.15, 0.2) is 23.3 Å². The molecule has 0 bridgehead atoms. The van der Waals surface area contributed by atoms with E-state index in [4.69, 9.17) is 9.47 Å². The molecule has 0 radical (unpaired) electrons. The standard InChI is InChI=1S/C14H20F4N2O2/c1-19(5-7-21-3)13-9(15)11(17)14(12(18)10(13)16)20(2)6-8-22-4/h5-8H2,1-4H3. The molecule has 0 heterocycles. The van der Waals surface area contributed by atoms with Gasteiger partial charge >= 0.3 is 0 Å². The smallest absolute Gasteiger partial charge is 0.187 e. The van der Waals surface area contributed by atoms with E-state index >= 15 is 0 Å². The minimum absolute atomic E-state index is 0.0854. The van der Waals surface area contributed by atoms with E-state index in [1.165, 1.54) is 28.3 Å². The number of likely N-dealkylation sites (N-methyl/N-ethyl adjacent to an activating group) is 2. The number of halogens is 4.